The van der Waals surface area contributed by atoms with Crippen LogP contribution in [0.1, 0.15) is 5.56 Å². The lowest BCUT2D eigenvalue weighted by Gasteiger charge is -2.05. The zero-order chi connectivity index (χ0) is 11.5. The molecule has 0 radical (unpaired) electrons. The van der Waals surface area contributed by atoms with E-state index in [4.69, 9.17) is 5.11 Å². The predicted molar refractivity (Wildman–Crippen MR) is 70.6 cm³/mol. The van der Waals surface area contributed by atoms with Crippen LogP contribution in [0.15, 0.2) is 47.4 Å². The molecule has 2 rings (SSSR count). The topological polar surface area (TPSA) is 42.2 Å². The van der Waals surface area contributed by atoms with Crippen LogP contribution in [0.4, 0.5) is 0 Å². The average Bonchev–Trinajstić information content (AvgIpc) is 2.25. The molecule has 0 atom stereocenters. The molecule has 82 valence electrons. The highest BCUT2D eigenvalue weighted by atomic mass is 127. The van der Waals surface area contributed by atoms with E-state index in [9.17, 15) is 4.79 Å². The monoisotopic (exact) mass is 327 g/mol. The molecule has 0 saturated heterocycles. The molecular weight excluding hydrogens is 317 g/mol. The summed E-state index contributed by atoms with van der Waals surface area (Å²) < 4.78 is 2.57. The van der Waals surface area contributed by atoms with Crippen LogP contribution in [0.2, 0.25) is 0 Å². The van der Waals surface area contributed by atoms with Crippen molar-refractivity contribution in [3.8, 4) is 5.75 Å². The fourth-order valence-electron chi connectivity index (χ4n) is 1.41. The van der Waals surface area contributed by atoms with Crippen molar-refractivity contribution in [1.29, 1.82) is 0 Å². The Hall–Kier alpha value is -1.30. The molecule has 1 heterocycles. The van der Waals surface area contributed by atoms with E-state index in [1.54, 1.807) is 41.1 Å². The Bertz CT molecular complexity index is 546. The zero-order valence-corrected chi connectivity index (χ0v) is 10.6. The number of hydrogen-bond donors (Lipinski definition) is 1. The highest BCUT2D eigenvalue weighted by Gasteiger charge is 1.98. The van der Waals surface area contributed by atoms with Gasteiger partial charge in [0, 0.05) is 15.8 Å². The highest BCUT2D eigenvalue weighted by Crippen LogP contribution is 2.10. The van der Waals surface area contributed by atoms with E-state index >= 15 is 0 Å². The minimum absolute atomic E-state index is 0.0139. The van der Waals surface area contributed by atoms with Gasteiger partial charge in [-0.1, -0.05) is 12.1 Å². The van der Waals surface area contributed by atoms with Crippen LogP contribution in [-0.4, -0.2) is 9.67 Å². The van der Waals surface area contributed by atoms with Crippen LogP contribution in [0.25, 0.3) is 0 Å². The van der Waals surface area contributed by atoms with Gasteiger partial charge < -0.3 is 9.67 Å². The van der Waals surface area contributed by atoms with Gasteiger partial charge in [0.15, 0.2) is 0 Å². The molecular formula is C12H10INO2. The summed E-state index contributed by atoms with van der Waals surface area (Å²) in [5.74, 6) is 0.235. The Kier molecular flexibility index (Phi) is 3.28. The van der Waals surface area contributed by atoms with Gasteiger partial charge in [0.25, 0.3) is 5.56 Å². The molecule has 2 aromatic rings. The second-order valence-electron chi connectivity index (χ2n) is 3.48. The van der Waals surface area contributed by atoms with Crippen molar-refractivity contribution < 1.29 is 5.11 Å². The molecule has 3 nitrogen and oxygen atoms in total. The second kappa shape index (κ2) is 4.69. The largest absolute Gasteiger partial charge is 0.508 e. The quantitative estimate of drug-likeness (QED) is 0.860. The maximum Gasteiger partial charge on any atom is 0.251 e. The second-order valence-corrected chi connectivity index (χ2v) is 4.72. The smallest absolute Gasteiger partial charge is 0.251 e. The van der Waals surface area contributed by atoms with Crippen molar-refractivity contribution in [2.24, 2.45) is 0 Å². The summed E-state index contributed by atoms with van der Waals surface area (Å²) in [6.45, 7) is 0.524. The number of pyridine rings is 1. The van der Waals surface area contributed by atoms with Gasteiger partial charge in [0.05, 0.1) is 6.54 Å². The predicted octanol–water partition coefficient (Wildman–Crippen LogP) is 2.21. The van der Waals surface area contributed by atoms with E-state index in [-0.39, 0.29) is 11.3 Å². The Morgan fingerprint density at radius 3 is 2.50 bits per heavy atom. The SMILES string of the molecule is O=c1cc(I)ccn1Cc1ccc(O)cc1. The molecule has 1 aromatic carbocycles. The molecule has 4 heteroatoms. The third-order valence-electron chi connectivity index (χ3n) is 2.25. The number of rotatable bonds is 2. The maximum absolute atomic E-state index is 11.6. The van der Waals surface area contributed by atoms with E-state index in [1.807, 2.05) is 6.07 Å². The van der Waals surface area contributed by atoms with Crippen LogP contribution in [-0.2, 0) is 6.54 Å². The Morgan fingerprint density at radius 2 is 1.88 bits per heavy atom. The Morgan fingerprint density at radius 1 is 1.19 bits per heavy atom. The van der Waals surface area contributed by atoms with E-state index in [2.05, 4.69) is 22.6 Å². The van der Waals surface area contributed by atoms with Crippen molar-refractivity contribution in [2.45, 2.75) is 6.54 Å². The van der Waals surface area contributed by atoms with Crippen LogP contribution in [0, 0.1) is 3.57 Å². The number of hydrogen-bond acceptors (Lipinski definition) is 2. The van der Waals surface area contributed by atoms with Crippen molar-refractivity contribution in [3.05, 3.63) is 62.1 Å². The average molecular weight is 327 g/mol. The minimum atomic E-state index is -0.0139. The fourth-order valence-corrected chi connectivity index (χ4v) is 1.84. The van der Waals surface area contributed by atoms with Crippen LogP contribution in [0.5, 0.6) is 5.75 Å². The van der Waals surface area contributed by atoms with E-state index in [0.29, 0.717) is 6.54 Å². The Balaban J connectivity index is 2.27. The fraction of sp³-hybridized carbons (Fsp3) is 0.0833. The molecule has 0 spiro atoms. The molecule has 0 unspecified atom stereocenters. The van der Waals surface area contributed by atoms with Gasteiger partial charge >= 0.3 is 0 Å². The first-order valence-corrected chi connectivity index (χ1v) is 5.87. The number of aromatic nitrogens is 1. The molecule has 0 amide bonds. The normalized spacial score (nSPS) is 10.3. The van der Waals surface area contributed by atoms with Gasteiger partial charge in [-0.25, -0.2) is 0 Å². The third kappa shape index (κ3) is 2.63. The number of benzene rings is 1. The zero-order valence-electron chi connectivity index (χ0n) is 8.43. The molecule has 0 saturated carbocycles. The standard InChI is InChI=1S/C12H10INO2/c13-10-5-6-14(12(16)7-10)8-9-1-3-11(15)4-2-9/h1-7,15H,8H2. The molecule has 16 heavy (non-hydrogen) atoms. The molecule has 1 aromatic heterocycles. The first kappa shape index (κ1) is 11.2. The van der Waals surface area contributed by atoms with Crippen molar-refractivity contribution in [3.63, 3.8) is 0 Å². The molecule has 0 aliphatic carbocycles. The highest BCUT2D eigenvalue weighted by molar-refractivity contribution is 14.1. The van der Waals surface area contributed by atoms with Gasteiger partial charge in [0.1, 0.15) is 5.75 Å². The van der Waals surface area contributed by atoms with E-state index in [1.165, 1.54) is 0 Å². The number of halogens is 1. The lowest BCUT2D eigenvalue weighted by molar-refractivity contribution is 0.475. The van der Waals surface area contributed by atoms with Gasteiger partial charge in [0.2, 0.25) is 0 Å². The minimum Gasteiger partial charge on any atom is -0.508 e. The summed E-state index contributed by atoms with van der Waals surface area (Å²) in [4.78, 5) is 11.6. The lowest BCUT2D eigenvalue weighted by atomic mass is 10.2. The van der Waals surface area contributed by atoms with Crippen molar-refractivity contribution in [1.82, 2.24) is 4.57 Å². The summed E-state index contributed by atoms with van der Waals surface area (Å²) in [7, 11) is 0. The van der Waals surface area contributed by atoms with Gasteiger partial charge in [-0.2, -0.15) is 0 Å². The number of phenols is 1. The summed E-state index contributed by atoms with van der Waals surface area (Å²) in [6.07, 6.45) is 1.77. The summed E-state index contributed by atoms with van der Waals surface area (Å²) in [5.41, 5.74) is 0.973. The summed E-state index contributed by atoms with van der Waals surface area (Å²) in [5, 5.41) is 9.14. The molecule has 0 bridgehead atoms. The maximum atomic E-state index is 11.6. The number of phenolic OH excluding ortho intramolecular Hbond substituents is 1. The lowest BCUT2D eigenvalue weighted by Crippen LogP contribution is -2.19. The van der Waals surface area contributed by atoms with Crippen molar-refractivity contribution >= 4 is 22.6 Å². The summed E-state index contributed by atoms with van der Waals surface area (Å²) >= 11 is 2.11. The molecule has 0 aliphatic rings. The first-order chi connectivity index (χ1) is 7.65. The van der Waals surface area contributed by atoms with Crippen LogP contribution in [0.3, 0.4) is 0 Å². The van der Waals surface area contributed by atoms with E-state index in [0.717, 1.165) is 9.13 Å². The van der Waals surface area contributed by atoms with Crippen LogP contribution >= 0.6 is 22.6 Å². The van der Waals surface area contributed by atoms with Crippen molar-refractivity contribution in [2.75, 3.05) is 0 Å². The number of aromatic hydroxyl groups is 1. The third-order valence-corrected chi connectivity index (χ3v) is 2.92. The molecule has 0 aliphatic heterocycles. The Labute approximate surface area is 107 Å². The van der Waals surface area contributed by atoms with Gasteiger partial charge in [-0.3, -0.25) is 4.79 Å². The first-order valence-electron chi connectivity index (χ1n) is 4.79. The molecule has 0 fully saturated rings. The van der Waals surface area contributed by atoms with Gasteiger partial charge in [-0.15, -0.1) is 0 Å². The van der Waals surface area contributed by atoms with Gasteiger partial charge in [-0.05, 0) is 46.4 Å². The van der Waals surface area contributed by atoms with Crippen LogP contribution < -0.4 is 5.56 Å². The number of nitrogens with zero attached hydrogens (tertiary/aromatic N) is 1. The molecule has 1 N–H and O–H groups in total. The van der Waals surface area contributed by atoms with E-state index < -0.39 is 0 Å². The summed E-state index contributed by atoms with van der Waals surface area (Å²) in [6, 6.07) is 10.3.